The van der Waals surface area contributed by atoms with E-state index < -0.39 is 0 Å². The van der Waals surface area contributed by atoms with Gasteiger partial charge in [-0.15, -0.1) is 0 Å². The van der Waals surface area contributed by atoms with Crippen molar-refractivity contribution in [3.05, 3.63) is 38.2 Å². The van der Waals surface area contributed by atoms with Crippen LogP contribution in [0.5, 0.6) is 0 Å². The third-order valence-corrected chi connectivity index (χ3v) is 3.30. The van der Waals surface area contributed by atoms with Crippen molar-refractivity contribution in [2.75, 3.05) is 0 Å². The molecule has 0 aliphatic heterocycles. The van der Waals surface area contributed by atoms with Crippen LogP contribution in [0.3, 0.4) is 0 Å². The van der Waals surface area contributed by atoms with E-state index in [1.807, 2.05) is 18.2 Å². The van der Waals surface area contributed by atoms with Crippen molar-refractivity contribution in [2.24, 2.45) is 0 Å². The molecule has 1 aromatic heterocycles. The van der Waals surface area contributed by atoms with Gasteiger partial charge in [0.1, 0.15) is 6.33 Å². The smallest absolute Gasteiger partial charge is 0.199 e. The van der Waals surface area contributed by atoms with Crippen LogP contribution < -0.4 is 0 Å². The first kappa shape index (κ1) is 10.1. The second kappa shape index (κ2) is 3.96. The lowest BCUT2D eigenvalue weighted by Crippen LogP contribution is -1.94. The van der Waals surface area contributed by atoms with Crippen molar-refractivity contribution in [3.8, 4) is 5.69 Å². The quantitative estimate of drug-likeness (QED) is 0.810. The highest BCUT2D eigenvalue weighted by atomic mass is 79.9. The minimum Gasteiger partial charge on any atom is -0.272 e. The summed E-state index contributed by atoms with van der Waals surface area (Å²) in [6.07, 6.45) is 1.65. The molecule has 6 heteroatoms. The maximum atomic E-state index is 5.09. The topological polar surface area (TPSA) is 33.6 Å². The number of nitrogens with zero attached hydrogens (tertiary/aromatic N) is 2. The average Bonchev–Trinajstić information content (AvgIpc) is 2.52. The molecule has 0 bridgehead atoms. The van der Waals surface area contributed by atoms with E-state index in [9.17, 15) is 0 Å². The molecule has 1 heterocycles. The molecule has 2 rings (SSSR count). The fourth-order valence-electron chi connectivity index (χ4n) is 1.13. The van der Waals surface area contributed by atoms with Crippen LogP contribution in [0.4, 0.5) is 0 Å². The Morgan fingerprint density at radius 3 is 2.43 bits per heavy atom. The standard InChI is InChI=1S/C8H5Br2N3S/c9-5-2-1-3-6(10)7(5)13-4-11-12-8(13)14/h1-4H,(H,12,14). The fourth-order valence-corrected chi connectivity index (χ4v) is 2.70. The maximum absolute atomic E-state index is 5.09. The van der Waals surface area contributed by atoms with Gasteiger partial charge < -0.3 is 0 Å². The van der Waals surface area contributed by atoms with Gasteiger partial charge in [-0.05, 0) is 56.2 Å². The largest absolute Gasteiger partial charge is 0.272 e. The average molecular weight is 335 g/mol. The summed E-state index contributed by atoms with van der Waals surface area (Å²) in [5.74, 6) is 0. The molecule has 72 valence electrons. The Balaban J connectivity index is 2.74. The minimum absolute atomic E-state index is 0.567. The molecule has 0 unspecified atom stereocenters. The van der Waals surface area contributed by atoms with Gasteiger partial charge in [0.2, 0.25) is 0 Å². The van der Waals surface area contributed by atoms with E-state index in [-0.39, 0.29) is 0 Å². The third-order valence-electron chi connectivity index (χ3n) is 1.73. The maximum Gasteiger partial charge on any atom is 0.199 e. The summed E-state index contributed by atoms with van der Waals surface area (Å²) in [5.41, 5.74) is 0.950. The van der Waals surface area contributed by atoms with Crippen LogP contribution in [-0.4, -0.2) is 14.8 Å². The minimum atomic E-state index is 0.567. The van der Waals surface area contributed by atoms with E-state index in [0.717, 1.165) is 14.6 Å². The number of aromatic amines is 1. The van der Waals surface area contributed by atoms with Crippen molar-refractivity contribution in [2.45, 2.75) is 0 Å². The summed E-state index contributed by atoms with van der Waals surface area (Å²) in [6.45, 7) is 0. The van der Waals surface area contributed by atoms with Crippen LogP contribution in [0.15, 0.2) is 33.5 Å². The van der Waals surface area contributed by atoms with Crippen molar-refractivity contribution in [3.63, 3.8) is 0 Å². The lowest BCUT2D eigenvalue weighted by atomic mass is 10.3. The summed E-state index contributed by atoms with van der Waals surface area (Å²) < 4.78 is 4.29. The number of aromatic nitrogens is 3. The number of benzene rings is 1. The lowest BCUT2D eigenvalue weighted by molar-refractivity contribution is 1.02. The van der Waals surface area contributed by atoms with Gasteiger partial charge in [-0.1, -0.05) is 6.07 Å². The first-order chi connectivity index (χ1) is 6.70. The van der Waals surface area contributed by atoms with Gasteiger partial charge in [0.05, 0.1) is 5.69 Å². The van der Waals surface area contributed by atoms with Gasteiger partial charge in [-0.3, -0.25) is 9.67 Å². The molecule has 0 saturated carbocycles. The van der Waals surface area contributed by atoms with E-state index in [4.69, 9.17) is 12.2 Å². The molecule has 0 aliphatic carbocycles. The van der Waals surface area contributed by atoms with E-state index in [0.29, 0.717) is 4.77 Å². The molecule has 1 N–H and O–H groups in total. The Kier molecular flexibility index (Phi) is 2.85. The van der Waals surface area contributed by atoms with Crippen LogP contribution in [0.2, 0.25) is 0 Å². The fraction of sp³-hybridized carbons (Fsp3) is 0. The van der Waals surface area contributed by atoms with Crippen LogP contribution in [0.25, 0.3) is 5.69 Å². The van der Waals surface area contributed by atoms with Crippen LogP contribution >= 0.6 is 44.1 Å². The van der Waals surface area contributed by atoms with Crippen molar-refractivity contribution in [1.82, 2.24) is 14.8 Å². The van der Waals surface area contributed by atoms with E-state index in [1.165, 1.54) is 0 Å². The van der Waals surface area contributed by atoms with Gasteiger partial charge in [0.15, 0.2) is 4.77 Å². The number of hydrogen-bond donors (Lipinski definition) is 1. The molecule has 1 aromatic carbocycles. The molecular weight excluding hydrogens is 330 g/mol. The number of para-hydroxylation sites is 1. The van der Waals surface area contributed by atoms with Gasteiger partial charge >= 0.3 is 0 Å². The molecule has 0 atom stereocenters. The van der Waals surface area contributed by atoms with Crippen molar-refractivity contribution < 1.29 is 0 Å². The van der Waals surface area contributed by atoms with E-state index in [2.05, 4.69) is 42.1 Å². The van der Waals surface area contributed by atoms with Gasteiger partial charge in [0.25, 0.3) is 0 Å². The molecule has 3 nitrogen and oxygen atoms in total. The molecule has 0 saturated heterocycles. The predicted octanol–water partition coefficient (Wildman–Crippen LogP) is 3.45. The molecule has 2 aromatic rings. The van der Waals surface area contributed by atoms with Crippen LogP contribution in [-0.2, 0) is 0 Å². The SMILES string of the molecule is S=c1[nH]ncn1-c1c(Br)cccc1Br. The zero-order chi connectivity index (χ0) is 10.1. The summed E-state index contributed by atoms with van der Waals surface area (Å²) in [6, 6.07) is 5.85. The Hall–Kier alpha value is -0.460. The summed E-state index contributed by atoms with van der Waals surface area (Å²) in [4.78, 5) is 0. The van der Waals surface area contributed by atoms with E-state index >= 15 is 0 Å². The van der Waals surface area contributed by atoms with Gasteiger partial charge in [0, 0.05) is 8.95 Å². The highest BCUT2D eigenvalue weighted by Crippen LogP contribution is 2.28. The van der Waals surface area contributed by atoms with Crippen molar-refractivity contribution in [1.29, 1.82) is 0 Å². The second-order valence-corrected chi connectivity index (χ2v) is 4.70. The number of H-pyrrole nitrogens is 1. The third kappa shape index (κ3) is 1.69. The predicted molar refractivity (Wildman–Crippen MR) is 64.1 cm³/mol. The van der Waals surface area contributed by atoms with Gasteiger partial charge in [-0.2, -0.15) is 5.10 Å². The Bertz CT molecular complexity index is 497. The zero-order valence-corrected chi connectivity index (χ0v) is 10.9. The highest BCUT2D eigenvalue weighted by Gasteiger charge is 2.07. The van der Waals surface area contributed by atoms with Gasteiger partial charge in [-0.25, -0.2) is 0 Å². The lowest BCUT2D eigenvalue weighted by Gasteiger charge is -2.06. The molecule has 0 amide bonds. The first-order valence-corrected chi connectivity index (χ1v) is 5.76. The summed E-state index contributed by atoms with van der Waals surface area (Å²) in [7, 11) is 0. The monoisotopic (exact) mass is 333 g/mol. The molecule has 0 spiro atoms. The molecule has 0 aliphatic rings. The van der Waals surface area contributed by atoms with Crippen molar-refractivity contribution >= 4 is 44.1 Å². The Morgan fingerprint density at radius 2 is 1.93 bits per heavy atom. The highest BCUT2D eigenvalue weighted by molar-refractivity contribution is 9.11. The Labute approximate surface area is 102 Å². The molecule has 0 radical (unpaired) electrons. The summed E-state index contributed by atoms with van der Waals surface area (Å²) in [5, 5.41) is 6.58. The number of hydrogen-bond acceptors (Lipinski definition) is 2. The molecular formula is C8H5Br2N3S. The summed E-state index contributed by atoms with van der Waals surface area (Å²) >= 11 is 12.0. The van der Waals surface area contributed by atoms with Crippen LogP contribution in [0.1, 0.15) is 0 Å². The number of nitrogens with one attached hydrogen (secondary N) is 1. The molecule has 14 heavy (non-hydrogen) atoms. The number of halogens is 2. The van der Waals surface area contributed by atoms with E-state index in [1.54, 1.807) is 10.9 Å². The molecule has 0 fully saturated rings. The second-order valence-electron chi connectivity index (χ2n) is 2.60. The first-order valence-electron chi connectivity index (χ1n) is 3.76. The zero-order valence-electron chi connectivity index (χ0n) is 6.87. The van der Waals surface area contributed by atoms with Crippen LogP contribution in [0, 0.1) is 4.77 Å². The Morgan fingerprint density at radius 1 is 1.29 bits per heavy atom. The number of rotatable bonds is 1. The normalized spacial score (nSPS) is 10.4.